The average Bonchev–Trinajstić information content (AvgIpc) is 2.98. The van der Waals surface area contributed by atoms with E-state index >= 15 is 0 Å². The lowest BCUT2D eigenvalue weighted by molar-refractivity contribution is -0.153. The summed E-state index contributed by atoms with van der Waals surface area (Å²) in [6.45, 7) is 2.34. The van der Waals surface area contributed by atoms with Crippen molar-refractivity contribution in [1.29, 1.82) is 0 Å². The van der Waals surface area contributed by atoms with E-state index in [1.165, 1.54) is 75.5 Å². The average molecular weight is 639 g/mol. The van der Waals surface area contributed by atoms with Crippen LogP contribution < -0.4 is 0 Å². The molecule has 0 spiro atoms. The summed E-state index contributed by atoms with van der Waals surface area (Å²) in [5, 5.41) is 36.4. The Hall–Kier alpha value is -3.70. The molecule has 0 aliphatic rings. The van der Waals surface area contributed by atoms with Crippen LogP contribution in [-0.4, -0.2) is 91.6 Å². The fourth-order valence-electron chi connectivity index (χ4n) is 5.02. The lowest BCUT2D eigenvalue weighted by Crippen LogP contribution is -2.47. The number of amides is 2. The molecule has 12 nitrogen and oxygen atoms in total. The molecule has 0 rings (SSSR count). The molecule has 2 amide bonds. The zero-order valence-corrected chi connectivity index (χ0v) is 26.9. The van der Waals surface area contributed by atoms with Gasteiger partial charge in [-0.3, -0.25) is 14.4 Å². The van der Waals surface area contributed by atoms with Gasteiger partial charge in [0.2, 0.25) is 11.8 Å². The molecule has 0 fully saturated rings. The van der Waals surface area contributed by atoms with Crippen molar-refractivity contribution in [3.8, 4) is 0 Å². The van der Waals surface area contributed by atoms with Crippen LogP contribution >= 0.6 is 0 Å². The first kappa shape index (κ1) is 41.3. The van der Waals surface area contributed by atoms with Gasteiger partial charge in [-0.1, -0.05) is 103 Å². The minimum Gasteiger partial charge on any atom is -0.481 e. The number of unbranched alkanes of at least 4 members (excludes halogenated alkanes) is 15. The second-order valence-corrected chi connectivity index (χ2v) is 11.3. The minimum atomic E-state index is -1.75. The third-order valence-corrected chi connectivity index (χ3v) is 7.47. The van der Waals surface area contributed by atoms with Gasteiger partial charge in [0.15, 0.2) is 0 Å². The molecule has 0 aromatic carbocycles. The van der Waals surface area contributed by atoms with Crippen molar-refractivity contribution in [3.05, 3.63) is 24.3 Å². The maximum Gasteiger partial charge on any atom is 0.328 e. The smallest absolute Gasteiger partial charge is 0.328 e. The zero-order valence-electron chi connectivity index (χ0n) is 26.9. The second-order valence-electron chi connectivity index (χ2n) is 11.3. The normalized spacial score (nSPS) is 11.9. The van der Waals surface area contributed by atoms with Crippen LogP contribution in [0, 0.1) is 0 Å². The monoisotopic (exact) mass is 638 g/mol. The Bertz CT molecular complexity index is 963. The number of aliphatic carboxylic acids is 4. The highest BCUT2D eigenvalue weighted by Crippen LogP contribution is 2.14. The van der Waals surface area contributed by atoms with E-state index in [1.54, 1.807) is 0 Å². The van der Waals surface area contributed by atoms with Crippen LogP contribution in [0.2, 0.25) is 0 Å². The fourth-order valence-corrected chi connectivity index (χ4v) is 5.02. The Morgan fingerprint density at radius 2 is 0.911 bits per heavy atom. The molecule has 0 saturated heterocycles. The standard InChI is InChI=1S/C33H54N2O10/c1-2-3-4-5-6-7-8-9-10-11-12-13-14-15-16-17-23-34(28(36)19-21-30(38)39)24-18-25-35(29(37)20-22-31(40)41)27(33(44)45)26-32(42)43/h19-22,27H,2-18,23-26H2,1H3,(H,38,39)(H,40,41)(H,42,43)(H,44,45)/t27-/m0/s1. The molecular formula is C33H54N2O10. The predicted molar refractivity (Wildman–Crippen MR) is 170 cm³/mol. The molecule has 0 aromatic heterocycles. The van der Waals surface area contributed by atoms with Crippen molar-refractivity contribution in [2.45, 2.75) is 129 Å². The first-order chi connectivity index (χ1) is 21.5. The van der Waals surface area contributed by atoms with Gasteiger partial charge in [0.25, 0.3) is 0 Å². The summed E-state index contributed by atoms with van der Waals surface area (Å²) in [5.74, 6) is -7.30. The van der Waals surface area contributed by atoms with Crippen LogP contribution in [0.25, 0.3) is 0 Å². The molecule has 256 valence electrons. The van der Waals surface area contributed by atoms with Gasteiger partial charge in [0.05, 0.1) is 6.42 Å². The van der Waals surface area contributed by atoms with Gasteiger partial charge < -0.3 is 30.2 Å². The number of hydrogen-bond donors (Lipinski definition) is 4. The summed E-state index contributed by atoms with van der Waals surface area (Å²) in [6.07, 6.45) is 21.1. The molecule has 0 aliphatic carbocycles. The van der Waals surface area contributed by atoms with Crippen LogP contribution in [-0.2, 0) is 28.8 Å². The van der Waals surface area contributed by atoms with Gasteiger partial charge in [-0.25, -0.2) is 14.4 Å². The third-order valence-electron chi connectivity index (χ3n) is 7.47. The molecule has 4 N–H and O–H groups in total. The highest BCUT2D eigenvalue weighted by atomic mass is 16.4. The SMILES string of the molecule is CCCCCCCCCCCCCCCCCCN(CCCN(C(=O)C=CC(=O)O)[C@@H](CC(=O)O)C(=O)O)C(=O)C=CC(=O)O. The van der Waals surface area contributed by atoms with Crippen molar-refractivity contribution in [2.24, 2.45) is 0 Å². The first-order valence-electron chi connectivity index (χ1n) is 16.4. The molecule has 0 aliphatic heterocycles. The summed E-state index contributed by atoms with van der Waals surface area (Å²) < 4.78 is 0. The Kier molecular flexibility index (Phi) is 24.5. The second kappa shape index (κ2) is 26.7. The molecule has 0 bridgehead atoms. The molecule has 0 radical (unpaired) electrons. The zero-order chi connectivity index (χ0) is 33.9. The van der Waals surface area contributed by atoms with Gasteiger partial charge in [-0.05, 0) is 12.8 Å². The molecule has 0 aromatic rings. The van der Waals surface area contributed by atoms with Gasteiger partial charge in [0.1, 0.15) is 6.04 Å². The van der Waals surface area contributed by atoms with Gasteiger partial charge in [0, 0.05) is 43.9 Å². The lowest BCUT2D eigenvalue weighted by Gasteiger charge is -2.28. The summed E-state index contributed by atoms with van der Waals surface area (Å²) in [4.78, 5) is 72.0. The van der Waals surface area contributed by atoms with Crippen LogP contribution in [0.5, 0.6) is 0 Å². The number of carboxylic acids is 4. The summed E-state index contributed by atoms with van der Waals surface area (Å²) in [7, 11) is 0. The van der Waals surface area contributed by atoms with E-state index in [0.717, 1.165) is 42.7 Å². The number of hydrogen-bond acceptors (Lipinski definition) is 6. The quantitative estimate of drug-likeness (QED) is 0.0601. The predicted octanol–water partition coefficient (Wildman–Crippen LogP) is 5.50. The highest BCUT2D eigenvalue weighted by Gasteiger charge is 2.31. The van der Waals surface area contributed by atoms with E-state index in [2.05, 4.69) is 6.92 Å². The maximum absolute atomic E-state index is 12.7. The Labute approximate surface area is 267 Å². The van der Waals surface area contributed by atoms with E-state index < -0.39 is 48.2 Å². The van der Waals surface area contributed by atoms with Gasteiger partial charge in [-0.15, -0.1) is 0 Å². The molecule has 0 saturated carbocycles. The largest absolute Gasteiger partial charge is 0.481 e. The van der Waals surface area contributed by atoms with Crippen molar-refractivity contribution >= 4 is 35.7 Å². The third kappa shape index (κ3) is 23.4. The van der Waals surface area contributed by atoms with Crippen LogP contribution in [0.3, 0.4) is 0 Å². The van der Waals surface area contributed by atoms with E-state index in [0.29, 0.717) is 25.1 Å². The van der Waals surface area contributed by atoms with Crippen molar-refractivity contribution in [2.75, 3.05) is 19.6 Å². The number of carbonyl (C=O) groups excluding carboxylic acids is 2. The van der Waals surface area contributed by atoms with Crippen LogP contribution in [0.4, 0.5) is 0 Å². The summed E-state index contributed by atoms with van der Waals surface area (Å²) >= 11 is 0. The topological polar surface area (TPSA) is 190 Å². The highest BCUT2D eigenvalue weighted by molar-refractivity contribution is 5.96. The number of rotatable bonds is 29. The lowest BCUT2D eigenvalue weighted by atomic mass is 10.0. The molecular weight excluding hydrogens is 584 g/mol. The maximum atomic E-state index is 12.7. The Morgan fingerprint density at radius 1 is 0.511 bits per heavy atom. The minimum absolute atomic E-state index is 0.0490. The molecule has 12 heteroatoms. The van der Waals surface area contributed by atoms with Crippen LogP contribution in [0.15, 0.2) is 24.3 Å². The van der Waals surface area contributed by atoms with Gasteiger partial charge >= 0.3 is 23.9 Å². The van der Waals surface area contributed by atoms with Gasteiger partial charge in [-0.2, -0.15) is 0 Å². The van der Waals surface area contributed by atoms with E-state index in [1.807, 2.05) is 0 Å². The Morgan fingerprint density at radius 3 is 1.31 bits per heavy atom. The Balaban J connectivity index is 4.76. The van der Waals surface area contributed by atoms with E-state index in [-0.39, 0.29) is 19.5 Å². The fraction of sp³-hybridized carbons (Fsp3) is 0.697. The van der Waals surface area contributed by atoms with Crippen LogP contribution in [0.1, 0.15) is 122 Å². The van der Waals surface area contributed by atoms with Crippen molar-refractivity contribution in [1.82, 2.24) is 9.80 Å². The van der Waals surface area contributed by atoms with E-state index in [4.69, 9.17) is 15.3 Å². The first-order valence-corrected chi connectivity index (χ1v) is 16.4. The number of carboxylic acid groups (broad SMARTS) is 4. The van der Waals surface area contributed by atoms with Crippen molar-refractivity contribution < 1.29 is 49.2 Å². The molecule has 0 unspecified atom stereocenters. The van der Waals surface area contributed by atoms with E-state index in [9.17, 15) is 33.9 Å². The molecule has 0 heterocycles. The summed E-state index contributed by atoms with van der Waals surface area (Å²) in [6, 6.07) is -1.75. The number of carbonyl (C=O) groups is 6. The molecule has 1 atom stereocenters. The molecule has 45 heavy (non-hydrogen) atoms. The van der Waals surface area contributed by atoms with Crippen molar-refractivity contribution in [3.63, 3.8) is 0 Å². The number of nitrogens with zero attached hydrogens (tertiary/aromatic N) is 2. The summed E-state index contributed by atoms with van der Waals surface area (Å²) in [5.41, 5.74) is 0.